The highest BCUT2D eigenvalue weighted by Crippen LogP contribution is 2.34. The molecule has 2 rings (SSSR count). The third-order valence-electron chi connectivity index (χ3n) is 3.11. The van der Waals surface area contributed by atoms with Crippen molar-refractivity contribution < 1.29 is 4.74 Å². The Morgan fingerprint density at radius 3 is 2.67 bits per heavy atom. The van der Waals surface area contributed by atoms with Gasteiger partial charge in [-0.25, -0.2) is 9.97 Å². The van der Waals surface area contributed by atoms with Crippen LogP contribution >= 0.6 is 11.3 Å². The highest BCUT2D eigenvalue weighted by Gasteiger charge is 2.16. The number of thiophene rings is 1. The molecule has 2 aromatic rings. The number of methoxy groups -OCH3 is 1. The summed E-state index contributed by atoms with van der Waals surface area (Å²) in [4.78, 5) is 11.5. The van der Waals surface area contributed by atoms with E-state index in [-0.39, 0.29) is 6.10 Å². The summed E-state index contributed by atoms with van der Waals surface area (Å²) in [7, 11) is 1.68. The van der Waals surface area contributed by atoms with Crippen molar-refractivity contribution in [1.82, 2.24) is 9.97 Å². The molecule has 0 aliphatic rings. The largest absolute Gasteiger partial charge is 0.374 e. The number of nitrogens with zero attached hydrogens (tertiary/aromatic N) is 2. The first-order chi connectivity index (χ1) is 8.58. The van der Waals surface area contributed by atoms with Gasteiger partial charge in [0.2, 0.25) is 0 Å². The van der Waals surface area contributed by atoms with Gasteiger partial charge in [0.05, 0.1) is 5.39 Å². The van der Waals surface area contributed by atoms with Crippen molar-refractivity contribution in [2.45, 2.75) is 33.8 Å². The summed E-state index contributed by atoms with van der Waals surface area (Å²) in [6, 6.07) is 0. The first kappa shape index (κ1) is 13.2. The summed E-state index contributed by atoms with van der Waals surface area (Å²) < 4.78 is 5.31. The van der Waals surface area contributed by atoms with Crippen LogP contribution in [0.25, 0.3) is 10.2 Å². The van der Waals surface area contributed by atoms with Gasteiger partial charge in [0.25, 0.3) is 0 Å². The van der Waals surface area contributed by atoms with Gasteiger partial charge >= 0.3 is 0 Å². The van der Waals surface area contributed by atoms with Crippen LogP contribution in [-0.4, -0.2) is 23.6 Å². The summed E-state index contributed by atoms with van der Waals surface area (Å²) in [5.74, 6) is 1.66. The maximum Gasteiger partial charge on any atom is 0.160 e. The molecule has 1 atom stereocenters. The molecule has 2 aromatic heterocycles. The normalized spacial score (nSPS) is 12.9. The number of ether oxygens (including phenoxy) is 1. The third kappa shape index (κ3) is 2.20. The number of aromatic nitrogens is 2. The summed E-state index contributed by atoms with van der Waals surface area (Å²) >= 11 is 1.71. The molecule has 18 heavy (non-hydrogen) atoms. The fourth-order valence-corrected chi connectivity index (χ4v) is 2.88. The lowest BCUT2D eigenvalue weighted by Gasteiger charge is -2.11. The standard InChI is InChI=1S/C13H19N3OS/c1-6-14-12-10-7(2)9(4)18-13(10)16-11(15-12)8(3)17-5/h8H,6H2,1-5H3,(H,14,15,16). The second-order valence-electron chi connectivity index (χ2n) is 4.30. The summed E-state index contributed by atoms with van der Waals surface area (Å²) in [6.45, 7) is 9.13. The molecule has 0 saturated carbocycles. The number of rotatable bonds is 4. The minimum absolute atomic E-state index is 0.0884. The number of fused-ring (bicyclic) bond motifs is 1. The molecule has 98 valence electrons. The van der Waals surface area contributed by atoms with Crippen molar-refractivity contribution in [3.05, 3.63) is 16.3 Å². The number of anilines is 1. The van der Waals surface area contributed by atoms with Crippen molar-refractivity contribution in [1.29, 1.82) is 0 Å². The van der Waals surface area contributed by atoms with E-state index < -0.39 is 0 Å². The lowest BCUT2D eigenvalue weighted by Crippen LogP contribution is -2.07. The number of aryl methyl sites for hydroxylation is 2. The summed E-state index contributed by atoms with van der Waals surface area (Å²) in [5, 5.41) is 4.47. The Labute approximate surface area is 111 Å². The first-order valence-corrected chi connectivity index (χ1v) is 6.94. The van der Waals surface area contributed by atoms with Crippen molar-refractivity contribution in [3.63, 3.8) is 0 Å². The predicted octanol–water partition coefficient (Wildman–Crippen LogP) is 3.45. The minimum atomic E-state index is -0.0884. The molecule has 0 aliphatic heterocycles. The molecule has 0 saturated heterocycles. The lowest BCUT2D eigenvalue weighted by molar-refractivity contribution is 0.112. The molecule has 1 N–H and O–H groups in total. The third-order valence-corrected chi connectivity index (χ3v) is 4.21. The van der Waals surface area contributed by atoms with E-state index in [1.807, 2.05) is 6.92 Å². The molecule has 2 heterocycles. The van der Waals surface area contributed by atoms with E-state index in [1.54, 1.807) is 18.4 Å². The van der Waals surface area contributed by atoms with Crippen LogP contribution in [0.3, 0.4) is 0 Å². The van der Waals surface area contributed by atoms with E-state index in [0.717, 1.165) is 28.4 Å². The molecule has 0 amide bonds. The maximum absolute atomic E-state index is 5.31. The van der Waals surface area contributed by atoms with Crippen LogP contribution in [0.15, 0.2) is 0 Å². The zero-order chi connectivity index (χ0) is 13.3. The highest BCUT2D eigenvalue weighted by molar-refractivity contribution is 7.18. The topological polar surface area (TPSA) is 47.0 Å². The van der Waals surface area contributed by atoms with Gasteiger partial charge in [0.15, 0.2) is 5.82 Å². The van der Waals surface area contributed by atoms with Gasteiger partial charge in [-0.2, -0.15) is 0 Å². The van der Waals surface area contributed by atoms with Crippen LogP contribution in [-0.2, 0) is 4.74 Å². The molecule has 1 unspecified atom stereocenters. The van der Waals surface area contributed by atoms with Gasteiger partial charge in [-0.15, -0.1) is 11.3 Å². The lowest BCUT2D eigenvalue weighted by atomic mass is 10.2. The van der Waals surface area contributed by atoms with Crippen LogP contribution in [0, 0.1) is 13.8 Å². The minimum Gasteiger partial charge on any atom is -0.374 e. The summed E-state index contributed by atoms with van der Waals surface area (Å²) in [5.41, 5.74) is 1.27. The zero-order valence-electron chi connectivity index (χ0n) is 11.5. The highest BCUT2D eigenvalue weighted by atomic mass is 32.1. The zero-order valence-corrected chi connectivity index (χ0v) is 12.3. The van der Waals surface area contributed by atoms with E-state index >= 15 is 0 Å². The van der Waals surface area contributed by atoms with E-state index in [9.17, 15) is 0 Å². The van der Waals surface area contributed by atoms with Gasteiger partial charge in [0, 0.05) is 18.5 Å². The Morgan fingerprint density at radius 1 is 1.33 bits per heavy atom. The predicted molar refractivity (Wildman–Crippen MR) is 76.5 cm³/mol. The SMILES string of the molecule is CCNc1nc(C(C)OC)nc2sc(C)c(C)c12. The van der Waals surface area contributed by atoms with Gasteiger partial charge in [-0.3, -0.25) is 0 Å². The average Bonchev–Trinajstić information content (AvgIpc) is 2.64. The van der Waals surface area contributed by atoms with Gasteiger partial charge in [-0.1, -0.05) is 0 Å². The molecule has 5 heteroatoms. The fourth-order valence-electron chi connectivity index (χ4n) is 1.85. The van der Waals surface area contributed by atoms with Crippen LogP contribution in [0.1, 0.15) is 36.2 Å². The molecule has 0 aromatic carbocycles. The van der Waals surface area contributed by atoms with Crippen LogP contribution in [0.5, 0.6) is 0 Å². The molecule has 0 spiro atoms. The number of nitrogens with one attached hydrogen (secondary N) is 1. The van der Waals surface area contributed by atoms with E-state index in [1.165, 1.54) is 10.4 Å². The Bertz CT molecular complexity index is 565. The van der Waals surface area contributed by atoms with Gasteiger partial charge < -0.3 is 10.1 Å². The maximum atomic E-state index is 5.31. The molecule has 0 aliphatic carbocycles. The molecular formula is C13H19N3OS. The molecular weight excluding hydrogens is 246 g/mol. The van der Waals surface area contributed by atoms with Gasteiger partial charge in [0.1, 0.15) is 16.8 Å². The molecule has 0 radical (unpaired) electrons. The Balaban J connectivity index is 2.66. The number of hydrogen-bond acceptors (Lipinski definition) is 5. The van der Waals surface area contributed by atoms with Crippen molar-refractivity contribution in [2.24, 2.45) is 0 Å². The van der Waals surface area contributed by atoms with Crippen LogP contribution in [0.2, 0.25) is 0 Å². The van der Waals surface area contributed by atoms with Crippen LogP contribution < -0.4 is 5.32 Å². The monoisotopic (exact) mass is 265 g/mol. The Hall–Kier alpha value is -1.20. The van der Waals surface area contributed by atoms with Gasteiger partial charge in [-0.05, 0) is 33.3 Å². The first-order valence-electron chi connectivity index (χ1n) is 6.12. The van der Waals surface area contributed by atoms with E-state index in [2.05, 4.69) is 36.1 Å². The molecule has 4 nitrogen and oxygen atoms in total. The second-order valence-corrected chi connectivity index (χ2v) is 5.51. The quantitative estimate of drug-likeness (QED) is 0.919. The molecule has 0 fully saturated rings. The fraction of sp³-hybridized carbons (Fsp3) is 0.538. The molecule has 0 bridgehead atoms. The second kappa shape index (κ2) is 5.20. The smallest absolute Gasteiger partial charge is 0.160 e. The van der Waals surface area contributed by atoms with E-state index in [4.69, 9.17) is 4.74 Å². The van der Waals surface area contributed by atoms with Crippen LogP contribution in [0.4, 0.5) is 5.82 Å². The Morgan fingerprint density at radius 2 is 2.06 bits per heavy atom. The number of hydrogen-bond donors (Lipinski definition) is 1. The van der Waals surface area contributed by atoms with E-state index in [0.29, 0.717) is 0 Å². The van der Waals surface area contributed by atoms with Crippen molar-refractivity contribution in [2.75, 3.05) is 19.0 Å². The Kier molecular flexibility index (Phi) is 3.82. The van der Waals surface area contributed by atoms with Crippen molar-refractivity contribution in [3.8, 4) is 0 Å². The summed E-state index contributed by atoms with van der Waals surface area (Å²) in [6.07, 6.45) is -0.0884. The average molecular weight is 265 g/mol. The van der Waals surface area contributed by atoms with Crippen molar-refractivity contribution >= 4 is 27.4 Å².